The molecule has 0 aliphatic heterocycles. The van der Waals surface area contributed by atoms with Gasteiger partial charge in [0.25, 0.3) is 5.69 Å². The van der Waals surface area contributed by atoms with Crippen molar-refractivity contribution in [1.29, 1.82) is 0 Å². The van der Waals surface area contributed by atoms with Gasteiger partial charge in [0.2, 0.25) is 5.13 Å². The van der Waals surface area contributed by atoms with Gasteiger partial charge < -0.3 is 9.30 Å². The molecule has 2 aromatic heterocycles. The number of fused-ring (bicyclic) bond motifs is 1. The third-order valence-corrected chi connectivity index (χ3v) is 5.68. The summed E-state index contributed by atoms with van der Waals surface area (Å²) in [6.45, 7) is 3.93. The predicted octanol–water partition coefficient (Wildman–Crippen LogP) is 5.07. The van der Waals surface area contributed by atoms with Gasteiger partial charge in [0.1, 0.15) is 5.75 Å². The maximum Gasteiger partial charge on any atom is 0.273 e. The second kappa shape index (κ2) is 7.96. The van der Waals surface area contributed by atoms with Crippen LogP contribution in [0, 0.1) is 24.0 Å². The molecule has 0 aliphatic rings. The van der Waals surface area contributed by atoms with E-state index in [1.54, 1.807) is 12.3 Å². The third-order valence-electron chi connectivity index (χ3n) is 4.74. The number of anilines is 1. The van der Waals surface area contributed by atoms with E-state index in [-0.39, 0.29) is 5.69 Å². The molecular weight excluding hydrogens is 402 g/mol. The molecule has 1 N–H and O–H groups in total. The van der Waals surface area contributed by atoms with Crippen LogP contribution in [-0.2, 0) is 0 Å². The summed E-state index contributed by atoms with van der Waals surface area (Å²) in [6.07, 6.45) is 1.74. The van der Waals surface area contributed by atoms with E-state index in [1.165, 1.54) is 30.6 Å². The van der Waals surface area contributed by atoms with Crippen molar-refractivity contribution in [2.45, 2.75) is 13.8 Å². The van der Waals surface area contributed by atoms with E-state index in [9.17, 15) is 10.1 Å². The summed E-state index contributed by atoms with van der Waals surface area (Å²) in [7, 11) is 1.50. The summed E-state index contributed by atoms with van der Waals surface area (Å²) in [6, 6.07) is 14.5. The predicted molar refractivity (Wildman–Crippen MR) is 119 cm³/mol. The van der Waals surface area contributed by atoms with E-state index in [0.717, 1.165) is 38.0 Å². The Kier molecular flexibility index (Phi) is 5.20. The Hall–Kier alpha value is -3.72. The first-order valence-electron chi connectivity index (χ1n) is 9.14. The van der Waals surface area contributed by atoms with Crippen molar-refractivity contribution in [3.8, 4) is 11.4 Å². The van der Waals surface area contributed by atoms with E-state index in [1.807, 2.05) is 48.7 Å². The van der Waals surface area contributed by atoms with Gasteiger partial charge in [-0.3, -0.25) is 15.5 Å². The van der Waals surface area contributed by atoms with Gasteiger partial charge >= 0.3 is 0 Å². The Morgan fingerprint density at radius 1 is 1.23 bits per heavy atom. The topological polar surface area (TPSA) is 94.6 Å². The number of hydrogen-bond donors (Lipinski definition) is 1. The zero-order valence-electron chi connectivity index (χ0n) is 16.6. The molecule has 0 unspecified atom stereocenters. The Morgan fingerprint density at radius 3 is 2.77 bits per heavy atom. The minimum absolute atomic E-state index is 0.0140. The molecule has 0 radical (unpaired) electrons. The Morgan fingerprint density at radius 2 is 2.03 bits per heavy atom. The highest BCUT2D eigenvalue weighted by molar-refractivity contribution is 7.22. The van der Waals surface area contributed by atoms with Gasteiger partial charge in [-0.05, 0) is 38.1 Å². The molecule has 4 aromatic rings. The summed E-state index contributed by atoms with van der Waals surface area (Å²) in [4.78, 5) is 15.1. The summed E-state index contributed by atoms with van der Waals surface area (Å²) < 4.78 is 8.48. The largest absolute Gasteiger partial charge is 0.494 e. The quantitative estimate of drug-likeness (QED) is 0.267. The normalized spacial score (nSPS) is 11.3. The van der Waals surface area contributed by atoms with Crippen LogP contribution in [0.25, 0.3) is 15.9 Å². The molecule has 4 rings (SSSR count). The molecule has 2 aromatic carbocycles. The van der Waals surface area contributed by atoms with Gasteiger partial charge in [0.05, 0.1) is 40.2 Å². The zero-order chi connectivity index (χ0) is 21.3. The molecule has 0 saturated carbocycles. The number of aromatic nitrogens is 2. The van der Waals surface area contributed by atoms with Crippen LogP contribution in [-0.4, -0.2) is 27.8 Å². The van der Waals surface area contributed by atoms with Gasteiger partial charge in [0.15, 0.2) is 0 Å². The lowest BCUT2D eigenvalue weighted by molar-refractivity contribution is -0.384. The van der Waals surface area contributed by atoms with Crippen LogP contribution >= 0.6 is 11.3 Å². The average molecular weight is 421 g/mol. The first-order chi connectivity index (χ1) is 14.5. The van der Waals surface area contributed by atoms with Crippen LogP contribution in [0.3, 0.4) is 0 Å². The molecule has 0 amide bonds. The van der Waals surface area contributed by atoms with E-state index < -0.39 is 4.92 Å². The Bertz CT molecular complexity index is 1240. The molecule has 0 saturated heterocycles. The smallest absolute Gasteiger partial charge is 0.273 e. The van der Waals surface area contributed by atoms with Gasteiger partial charge in [-0.1, -0.05) is 23.5 Å². The molecule has 0 fully saturated rings. The third kappa shape index (κ3) is 3.62. The lowest BCUT2D eigenvalue weighted by atomic mass is 10.2. The standard InChI is InChI=1S/C21H19N5O3S/c1-13-10-15(12-22-24-21-23-17-6-4-5-7-20(17)30-21)14(2)25(13)18-9-8-16(26(27)28)11-19(18)29-3/h4-12H,1-3H3,(H,23,24)/b22-12-. The first-order valence-corrected chi connectivity index (χ1v) is 9.96. The molecule has 0 spiro atoms. The van der Waals surface area contributed by atoms with Crippen molar-refractivity contribution in [2.75, 3.05) is 12.5 Å². The molecule has 0 bridgehead atoms. The van der Waals surface area contributed by atoms with Crippen LogP contribution in [0.15, 0.2) is 53.6 Å². The van der Waals surface area contributed by atoms with Crippen LogP contribution in [0.5, 0.6) is 5.75 Å². The number of nitrogens with one attached hydrogen (secondary N) is 1. The fraction of sp³-hybridized carbons (Fsp3) is 0.143. The molecule has 152 valence electrons. The maximum absolute atomic E-state index is 11.1. The number of rotatable bonds is 6. The maximum atomic E-state index is 11.1. The number of nitro groups is 1. The summed E-state index contributed by atoms with van der Waals surface area (Å²) in [5.74, 6) is 0.432. The van der Waals surface area contributed by atoms with Crippen molar-refractivity contribution in [1.82, 2.24) is 9.55 Å². The van der Waals surface area contributed by atoms with Crippen LogP contribution < -0.4 is 10.2 Å². The van der Waals surface area contributed by atoms with Gasteiger partial charge in [-0.15, -0.1) is 0 Å². The van der Waals surface area contributed by atoms with Crippen LogP contribution in [0.2, 0.25) is 0 Å². The molecule has 30 heavy (non-hydrogen) atoms. The number of benzene rings is 2. The summed E-state index contributed by atoms with van der Waals surface area (Å²) in [5, 5.41) is 16.1. The highest BCUT2D eigenvalue weighted by Crippen LogP contribution is 2.31. The number of hydrazone groups is 1. The van der Waals surface area contributed by atoms with Crippen molar-refractivity contribution in [3.05, 3.63) is 75.6 Å². The fourth-order valence-electron chi connectivity index (χ4n) is 3.33. The number of aryl methyl sites for hydroxylation is 1. The van der Waals surface area contributed by atoms with E-state index in [0.29, 0.717) is 5.75 Å². The number of para-hydroxylation sites is 1. The van der Waals surface area contributed by atoms with Crippen molar-refractivity contribution < 1.29 is 9.66 Å². The number of methoxy groups -OCH3 is 1. The average Bonchev–Trinajstić information content (AvgIpc) is 3.27. The van der Waals surface area contributed by atoms with Gasteiger partial charge in [-0.2, -0.15) is 5.10 Å². The molecule has 0 atom stereocenters. The first kappa shape index (κ1) is 19.6. The minimum atomic E-state index is -0.437. The molecule has 9 heteroatoms. The highest BCUT2D eigenvalue weighted by Gasteiger charge is 2.17. The van der Waals surface area contributed by atoms with Crippen LogP contribution in [0.1, 0.15) is 17.0 Å². The lowest BCUT2D eigenvalue weighted by Crippen LogP contribution is -2.03. The summed E-state index contributed by atoms with van der Waals surface area (Å²) >= 11 is 1.54. The second-order valence-electron chi connectivity index (χ2n) is 6.63. The molecule has 0 aliphatic carbocycles. The SMILES string of the molecule is COc1cc([N+](=O)[O-])ccc1-n1c(C)cc(/C=N\Nc2nc3ccccc3s2)c1C. The monoisotopic (exact) mass is 421 g/mol. The number of nitrogens with zero attached hydrogens (tertiary/aromatic N) is 4. The number of hydrogen-bond acceptors (Lipinski definition) is 7. The molecule has 8 nitrogen and oxygen atoms in total. The minimum Gasteiger partial charge on any atom is -0.494 e. The van der Waals surface area contributed by atoms with Crippen molar-refractivity contribution in [2.24, 2.45) is 5.10 Å². The zero-order valence-corrected chi connectivity index (χ0v) is 17.4. The van der Waals surface area contributed by atoms with Crippen molar-refractivity contribution >= 4 is 38.6 Å². The number of thiazole rings is 1. The highest BCUT2D eigenvalue weighted by atomic mass is 32.1. The van der Waals surface area contributed by atoms with E-state index in [2.05, 4.69) is 15.5 Å². The number of nitro benzene ring substituents is 1. The second-order valence-corrected chi connectivity index (χ2v) is 7.66. The number of non-ortho nitro benzene ring substituents is 1. The van der Waals surface area contributed by atoms with Gasteiger partial charge in [-0.25, -0.2) is 4.98 Å². The van der Waals surface area contributed by atoms with E-state index >= 15 is 0 Å². The lowest BCUT2D eigenvalue weighted by Gasteiger charge is -2.13. The fourth-order valence-corrected chi connectivity index (χ4v) is 4.15. The van der Waals surface area contributed by atoms with Crippen LogP contribution in [0.4, 0.5) is 10.8 Å². The Balaban J connectivity index is 1.62. The van der Waals surface area contributed by atoms with Crippen molar-refractivity contribution in [3.63, 3.8) is 0 Å². The summed E-state index contributed by atoms with van der Waals surface area (Å²) in [5.41, 5.74) is 7.46. The molecular formula is C21H19N5O3S. The Labute approximate surface area is 176 Å². The molecule has 2 heterocycles. The number of ether oxygens (including phenoxy) is 1. The van der Waals surface area contributed by atoms with Gasteiger partial charge in [0, 0.05) is 23.0 Å². The van der Waals surface area contributed by atoms with E-state index in [4.69, 9.17) is 4.74 Å².